The molecule has 166 valence electrons. The summed E-state index contributed by atoms with van der Waals surface area (Å²) < 4.78 is 1.60. The molecule has 3 aromatic rings. The fourth-order valence-electron chi connectivity index (χ4n) is 3.96. The normalized spacial score (nSPS) is 15.6. The van der Waals surface area contributed by atoms with Gasteiger partial charge in [0.15, 0.2) is 5.16 Å². The highest BCUT2D eigenvalue weighted by atomic mass is 35.5. The lowest BCUT2D eigenvalue weighted by atomic mass is 9.89. The number of nitriles is 1. The number of halogens is 1. The van der Waals surface area contributed by atoms with Crippen molar-refractivity contribution in [2.24, 2.45) is 5.92 Å². The SMILES string of the molecule is CC1CCc2c(sc(NC(=O)CSc3nc4cc(Cl)ccc4c(=O)n3C(C)C)c2C#N)C1. The number of anilines is 1. The molecule has 32 heavy (non-hydrogen) atoms. The average Bonchev–Trinajstić information content (AvgIpc) is 3.07. The quantitative estimate of drug-likeness (QED) is 0.384. The largest absolute Gasteiger partial charge is 0.316 e. The van der Waals surface area contributed by atoms with Gasteiger partial charge in [-0.05, 0) is 62.8 Å². The lowest BCUT2D eigenvalue weighted by Crippen LogP contribution is -2.25. The van der Waals surface area contributed by atoms with Crippen molar-refractivity contribution in [2.75, 3.05) is 11.1 Å². The number of thiophene rings is 1. The average molecular weight is 487 g/mol. The molecule has 0 saturated heterocycles. The van der Waals surface area contributed by atoms with Gasteiger partial charge in [0.1, 0.15) is 11.1 Å². The zero-order valence-electron chi connectivity index (χ0n) is 18.1. The maximum Gasteiger partial charge on any atom is 0.262 e. The Balaban J connectivity index is 1.57. The van der Waals surface area contributed by atoms with Crippen molar-refractivity contribution in [3.05, 3.63) is 49.6 Å². The van der Waals surface area contributed by atoms with E-state index in [1.807, 2.05) is 13.8 Å². The summed E-state index contributed by atoms with van der Waals surface area (Å²) >= 11 is 8.79. The van der Waals surface area contributed by atoms with Crippen LogP contribution in [-0.4, -0.2) is 21.2 Å². The molecule has 0 saturated carbocycles. The molecule has 9 heteroatoms. The zero-order chi connectivity index (χ0) is 23.0. The fourth-order valence-corrected chi connectivity index (χ4v) is 6.43. The highest BCUT2D eigenvalue weighted by Crippen LogP contribution is 2.39. The van der Waals surface area contributed by atoms with Crippen molar-refractivity contribution in [1.29, 1.82) is 5.26 Å². The molecule has 0 bridgehead atoms. The first-order chi connectivity index (χ1) is 15.3. The Bertz CT molecular complexity index is 1310. The second kappa shape index (κ2) is 9.26. The molecule has 1 amide bonds. The number of thioether (sulfide) groups is 1. The molecule has 0 fully saturated rings. The van der Waals surface area contributed by atoms with E-state index in [1.54, 1.807) is 22.8 Å². The minimum Gasteiger partial charge on any atom is -0.316 e. The van der Waals surface area contributed by atoms with Crippen LogP contribution in [-0.2, 0) is 17.6 Å². The number of nitrogens with zero attached hydrogens (tertiary/aromatic N) is 3. The maximum absolute atomic E-state index is 13.0. The van der Waals surface area contributed by atoms with E-state index in [2.05, 4.69) is 23.3 Å². The van der Waals surface area contributed by atoms with E-state index in [0.29, 0.717) is 37.6 Å². The van der Waals surface area contributed by atoms with Gasteiger partial charge in [-0.25, -0.2) is 4.98 Å². The first-order valence-corrected chi connectivity index (χ1v) is 12.7. The maximum atomic E-state index is 13.0. The first-order valence-electron chi connectivity index (χ1n) is 10.5. The van der Waals surface area contributed by atoms with Crippen LogP contribution in [0.1, 0.15) is 49.2 Å². The Morgan fingerprint density at radius 1 is 1.47 bits per heavy atom. The first kappa shape index (κ1) is 22.8. The standard InChI is InChI=1S/C23H23ClN4O2S2/c1-12(2)28-22(30)16-7-5-14(24)9-18(16)26-23(28)31-11-20(29)27-21-17(10-25)15-6-4-13(3)8-19(15)32-21/h5,7,9,12-13H,4,6,8,11H2,1-3H3,(H,27,29). The molecule has 0 spiro atoms. The number of rotatable bonds is 5. The van der Waals surface area contributed by atoms with E-state index in [0.717, 1.165) is 24.8 Å². The summed E-state index contributed by atoms with van der Waals surface area (Å²) in [5, 5.41) is 14.6. The fraction of sp³-hybridized carbons (Fsp3) is 0.391. The molecular weight excluding hydrogens is 464 g/mol. The summed E-state index contributed by atoms with van der Waals surface area (Å²) in [7, 11) is 0. The van der Waals surface area contributed by atoms with Crippen LogP contribution in [0.25, 0.3) is 10.9 Å². The number of amides is 1. The van der Waals surface area contributed by atoms with Gasteiger partial charge in [-0.3, -0.25) is 14.2 Å². The minimum atomic E-state index is -0.228. The molecule has 0 radical (unpaired) electrons. The van der Waals surface area contributed by atoms with Gasteiger partial charge >= 0.3 is 0 Å². The van der Waals surface area contributed by atoms with E-state index in [4.69, 9.17) is 11.6 Å². The number of fused-ring (bicyclic) bond motifs is 2. The molecule has 2 heterocycles. The van der Waals surface area contributed by atoms with Crippen molar-refractivity contribution in [2.45, 2.75) is 51.2 Å². The van der Waals surface area contributed by atoms with Gasteiger partial charge in [0.2, 0.25) is 5.91 Å². The lowest BCUT2D eigenvalue weighted by molar-refractivity contribution is -0.113. The van der Waals surface area contributed by atoms with Crippen molar-refractivity contribution < 1.29 is 4.79 Å². The summed E-state index contributed by atoms with van der Waals surface area (Å²) in [6.07, 6.45) is 2.89. The summed E-state index contributed by atoms with van der Waals surface area (Å²) in [6.45, 7) is 6.03. The Labute approximate surface area is 199 Å². The van der Waals surface area contributed by atoms with Gasteiger partial charge in [0.25, 0.3) is 5.56 Å². The molecule has 1 aliphatic carbocycles. The number of nitrogens with one attached hydrogen (secondary N) is 1. The molecule has 0 aliphatic heterocycles. The molecular formula is C23H23ClN4O2S2. The molecule has 1 aromatic carbocycles. The topological polar surface area (TPSA) is 87.8 Å². The molecule has 1 aliphatic rings. The van der Waals surface area contributed by atoms with E-state index in [9.17, 15) is 14.9 Å². The van der Waals surface area contributed by atoms with Crippen molar-refractivity contribution in [3.8, 4) is 6.07 Å². The van der Waals surface area contributed by atoms with Crippen LogP contribution in [0.15, 0.2) is 28.2 Å². The molecule has 1 unspecified atom stereocenters. The number of carbonyl (C=O) groups is 1. The minimum absolute atomic E-state index is 0.0784. The van der Waals surface area contributed by atoms with Gasteiger partial charge in [0.05, 0.1) is 22.2 Å². The summed E-state index contributed by atoms with van der Waals surface area (Å²) in [5.41, 5.74) is 2.03. The Kier molecular flexibility index (Phi) is 6.61. The third-order valence-corrected chi connectivity index (χ3v) is 7.91. The van der Waals surface area contributed by atoms with Gasteiger partial charge in [-0.2, -0.15) is 5.26 Å². The lowest BCUT2D eigenvalue weighted by Gasteiger charge is -2.17. The number of hydrogen-bond donors (Lipinski definition) is 1. The monoisotopic (exact) mass is 486 g/mol. The Hall–Kier alpha value is -2.34. The van der Waals surface area contributed by atoms with Gasteiger partial charge < -0.3 is 5.32 Å². The Morgan fingerprint density at radius 3 is 2.97 bits per heavy atom. The Morgan fingerprint density at radius 2 is 2.25 bits per heavy atom. The number of benzene rings is 1. The van der Waals surface area contributed by atoms with Crippen molar-refractivity contribution >= 4 is 56.5 Å². The van der Waals surface area contributed by atoms with Crippen LogP contribution >= 0.6 is 34.7 Å². The van der Waals surface area contributed by atoms with Crippen LogP contribution in [0, 0.1) is 17.2 Å². The zero-order valence-corrected chi connectivity index (χ0v) is 20.5. The number of hydrogen-bond acceptors (Lipinski definition) is 6. The van der Waals surface area contributed by atoms with E-state index in [1.165, 1.54) is 28.0 Å². The van der Waals surface area contributed by atoms with E-state index < -0.39 is 0 Å². The molecule has 2 aromatic heterocycles. The van der Waals surface area contributed by atoms with Crippen LogP contribution < -0.4 is 10.9 Å². The number of aromatic nitrogens is 2. The summed E-state index contributed by atoms with van der Waals surface area (Å²) in [5.74, 6) is 0.440. The van der Waals surface area contributed by atoms with Crippen LogP contribution in [0.4, 0.5) is 5.00 Å². The predicted molar refractivity (Wildman–Crippen MR) is 131 cm³/mol. The van der Waals surface area contributed by atoms with E-state index >= 15 is 0 Å². The third-order valence-electron chi connectivity index (χ3n) is 5.56. The van der Waals surface area contributed by atoms with Crippen LogP contribution in [0.3, 0.4) is 0 Å². The molecule has 1 atom stereocenters. The molecule has 1 N–H and O–H groups in total. The third kappa shape index (κ3) is 4.42. The van der Waals surface area contributed by atoms with Crippen LogP contribution in [0.2, 0.25) is 5.02 Å². The van der Waals surface area contributed by atoms with Gasteiger partial charge in [-0.15, -0.1) is 11.3 Å². The summed E-state index contributed by atoms with van der Waals surface area (Å²) in [6, 6.07) is 7.16. The second-order valence-corrected chi connectivity index (χ2v) is 10.8. The molecule has 4 rings (SSSR count). The van der Waals surface area contributed by atoms with Gasteiger partial charge in [-0.1, -0.05) is 30.3 Å². The van der Waals surface area contributed by atoms with Crippen molar-refractivity contribution in [1.82, 2.24) is 9.55 Å². The smallest absolute Gasteiger partial charge is 0.262 e. The van der Waals surface area contributed by atoms with Crippen LogP contribution in [0.5, 0.6) is 0 Å². The van der Waals surface area contributed by atoms with Gasteiger partial charge in [0, 0.05) is 15.9 Å². The highest BCUT2D eigenvalue weighted by Gasteiger charge is 2.25. The highest BCUT2D eigenvalue weighted by molar-refractivity contribution is 7.99. The van der Waals surface area contributed by atoms with E-state index in [-0.39, 0.29) is 23.3 Å². The molecule has 6 nitrogen and oxygen atoms in total. The number of carbonyl (C=O) groups excluding carboxylic acids is 1. The predicted octanol–water partition coefficient (Wildman–Crippen LogP) is 5.42. The van der Waals surface area contributed by atoms with Crippen molar-refractivity contribution in [3.63, 3.8) is 0 Å². The second-order valence-electron chi connectivity index (χ2n) is 8.33. The summed E-state index contributed by atoms with van der Waals surface area (Å²) in [4.78, 5) is 31.5.